The summed E-state index contributed by atoms with van der Waals surface area (Å²) in [5, 5.41) is 19.3. The molecule has 8 heteroatoms. The molecule has 0 bridgehead atoms. The number of halogens is 1. The van der Waals surface area contributed by atoms with Crippen molar-refractivity contribution in [3.8, 4) is 11.4 Å². The molecule has 0 aliphatic carbocycles. The molecule has 7 nitrogen and oxygen atoms in total. The van der Waals surface area contributed by atoms with Crippen molar-refractivity contribution in [3.63, 3.8) is 0 Å². The molecule has 0 unspecified atom stereocenters. The van der Waals surface area contributed by atoms with Gasteiger partial charge in [0.15, 0.2) is 5.82 Å². The molecule has 0 aliphatic rings. The maximum atomic E-state index is 6.25. The molecule has 0 spiro atoms. The smallest absolute Gasteiger partial charge is 0.221 e. The summed E-state index contributed by atoms with van der Waals surface area (Å²) in [7, 11) is 0. The van der Waals surface area contributed by atoms with Gasteiger partial charge in [-0.25, -0.2) is 9.67 Å². The van der Waals surface area contributed by atoms with Gasteiger partial charge in [-0.1, -0.05) is 61.9 Å². The Balaban J connectivity index is 1.46. The molecule has 0 amide bonds. The van der Waals surface area contributed by atoms with Crippen LogP contribution in [0.4, 0.5) is 0 Å². The average molecular weight is 408 g/mol. The van der Waals surface area contributed by atoms with Crippen molar-refractivity contribution < 1.29 is 0 Å². The molecule has 0 aliphatic heterocycles. The van der Waals surface area contributed by atoms with E-state index >= 15 is 0 Å². The van der Waals surface area contributed by atoms with Crippen LogP contribution in [-0.2, 0) is 19.4 Å². The number of nitrogens with one attached hydrogen (secondary N) is 1. The summed E-state index contributed by atoms with van der Waals surface area (Å²) in [6.45, 7) is 2.76. The minimum Gasteiger partial charge on any atom is -0.232 e. The number of rotatable bonds is 8. The molecule has 0 radical (unpaired) electrons. The monoisotopic (exact) mass is 407 g/mol. The Hall–Kier alpha value is -3.06. The van der Waals surface area contributed by atoms with E-state index in [1.807, 2.05) is 18.2 Å². The van der Waals surface area contributed by atoms with Gasteiger partial charge in [0.25, 0.3) is 0 Å². The predicted octanol–water partition coefficient (Wildman–Crippen LogP) is 4.09. The maximum absolute atomic E-state index is 6.25. The number of aromatic amines is 1. The van der Waals surface area contributed by atoms with E-state index < -0.39 is 0 Å². The lowest BCUT2D eigenvalue weighted by atomic mass is 9.98. The molecule has 1 N–H and O–H groups in total. The lowest BCUT2D eigenvalue weighted by molar-refractivity contribution is 0.661. The molecule has 0 atom stereocenters. The van der Waals surface area contributed by atoms with Crippen LogP contribution >= 0.6 is 11.6 Å². The molecular weight excluding hydrogens is 386 g/mol. The number of H-pyrrole nitrogens is 1. The Bertz CT molecular complexity index is 1060. The number of tetrazole rings is 1. The van der Waals surface area contributed by atoms with Crippen LogP contribution in [0.5, 0.6) is 0 Å². The Kier molecular flexibility index (Phi) is 5.95. The van der Waals surface area contributed by atoms with Crippen molar-refractivity contribution >= 4 is 11.6 Å². The normalized spacial score (nSPS) is 11.1. The van der Waals surface area contributed by atoms with Gasteiger partial charge in [-0.3, -0.25) is 0 Å². The fourth-order valence-electron chi connectivity index (χ4n) is 3.23. The van der Waals surface area contributed by atoms with E-state index in [4.69, 9.17) is 11.6 Å². The fraction of sp³-hybridized carbons (Fsp3) is 0.286. The van der Waals surface area contributed by atoms with Crippen molar-refractivity contribution in [2.24, 2.45) is 0 Å². The van der Waals surface area contributed by atoms with Gasteiger partial charge < -0.3 is 0 Å². The van der Waals surface area contributed by atoms with Crippen molar-refractivity contribution in [2.75, 3.05) is 0 Å². The second-order valence-corrected chi connectivity index (χ2v) is 7.28. The number of aromatic nitrogens is 7. The van der Waals surface area contributed by atoms with Crippen LogP contribution < -0.4 is 0 Å². The lowest BCUT2D eigenvalue weighted by Crippen LogP contribution is -2.03. The number of hydrogen-bond acceptors (Lipinski definition) is 5. The zero-order valence-corrected chi connectivity index (χ0v) is 17.0. The van der Waals surface area contributed by atoms with Crippen LogP contribution in [0.2, 0.25) is 5.28 Å². The number of unbranched alkanes of at least 4 members (excludes halogenated alkanes) is 1. The van der Waals surface area contributed by atoms with Crippen LogP contribution in [0.3, 0.4) is 0 Å². The second kappa shape index (κ2) is 8.96. The van der Waals surface area contributed by atoms with Gasteiger partial charge in [0.05, 0.1) is 6.54 Å². The van der Waals surface area contributed by atoms with Gasteiger partial charge in [-0.2, -0.15) is 10.3 Å². The van der Waals surface area contributed by atoms with E-state index in [9.17, 15) is 0 Å². The van der Waals surface area contributed by atoms with Gasteiger partial charge in [0.2, 0.25) is 11.1 Å². The molecule has 148 valence electrons. The molecule has 0 saturated carbocycles. The van der Waals surface area contributed by atoms with Gasteiger partial charge >= 0.3 is 0 Å². The first-order valence-corrected chi connectivity index (χ1v) is 10.1. The summed E-state index contributed by atoms with van der Waals surface area (Å²) in [5.74, 6) is 1.42. The third-order valence-electron chi connectivity index (χ3n) is 4.78. The van der Waals surface area contributed by atoms with Crippen molar-refractivity contribution in [3.05, 3.63) is 76.3 Å². The van der Waals surface area contributed by atoms with Crippen molar-refractivity contribution in [1.82, 2.24) is 35.4 Å². The van der Waals surface area contributed by atoms with Crippen molar-refractivity contribution in [1.29, 1.82) is 0 Å². The van der Waals surface area contributed by atoms with E-state index in [2.05, 4.69) is 68.0 Å². The SMILES string of the molecule is CCCCc1nc(Cl)n(Cc2ccc(Cc3ccccc3-c3nn[nH]n3)cc2)n1. The lowest BCUT2D eigenvalue weighted by Gasteiger charge is -2.08. The van der Waals surface area contributed by atoms with Crippen LogP contribution in [0.1, 0.15) is 42.3 Å². The fourth-order valence-corrected chi connectivity index (χ4v) is 3.43. The molecule has 0 fully saturated rings. The second-order valence-electron chi connectivity index (χ2n) is 6.94. The first-order valence-electron chi connectivity index (χ1n) is 9.71. The Morgan fingerprint density at radius 1 is 1.03 bits per heavy atom. The topological polar surface area (TPSA) is 85.2 Å². The highest BCUT2D eigenvalue weighted by atomic mass is 35.5. The zero-order valence-electron chi connectivity index (χ0n) is 16.2. The summed E-state index contributed by atoms with van der Waals surface area (Å²) in [4.78, 5) is 4.35. The average Bonchev–Trinajstić information content (AvgIpc) is 3.39. The molecular formula is C21H22ClN7. The summed E-state index contributed by atoms with van der Waals surface area (Å²) >= 11 is 6.25. The summed E-state index contributed by atoms with van der Waals surface area (Å²) in [6.07, 6.45) is 3.84. The van der Waals surface area contributed by atoms with Gasteiger partial charge in [-0.05, 0) is 46.3 Å². The predicted molar refractivity (Wildman–Crippen MR) is 112 cm³/mol. The number of benzene rings is 2. The third-order valence-corrected chi connectivity index (χ3v) is 5.06. The molecule has 4 rings (SSSR count). The van der Waals surface area contributed by atoms with Crippen LogP contribution in [0.15, 0.2) is 48.5 Å². The quantitative estimate of drug-likeness (QED) is 0.475. The standard InChI is InChI=1S/C21H22ClN7/c1-2-3-8-19-23-21(22)29(26-19)14-16-11-9-15(10-12-16)13-17-6-4-5-7-18(17)20-24-27-28-25-20/h4-7,9-12H,2-3,8,13-14H2,1H3,(H,24,25,27,28). The number of aryl methyl sites for hydroxylation is 1. The molecule has 2 aromatic carbocycles. The van der Waals surface area contributed by atoms with E-state index in [1.54, 1.807) is 4.68 Å². The molecule has 29 heavy (non-hydrogen) atoms. The minimum absolute atomic E-state index is 0.439. The van der Waals surface area contributed by atoms with Crippen LogP contribution in [0.25, 0.3) is 11.4 Å². The van der Waals surface area contributed by atoms with Gasteiger partial charge in [-0.15, -0.1) is 10.2 Å². The molecule has 4 aromatic rings. The van der Waals surface area contributed by atoms with Crippen LogP contribution in [-0.4, -0.2) is 35.4 Å². The largest absolute Gasteiger partial charge is 0.232 e. The maximum Gasteiger partial charge on any atom is 0.221 e. The molecule has 0 saturated heterocycles. The third kappa shape index (κ3) is 4.68. The minimum atomic E-state index is 0.439. The first-order chi connectivity index (χ1) is 14.2. The molecule has 2 heterocycles. The van der Waals surface area contributed by atoms with E-state index in [0.717, 1.165) is 48.2 Å². The number of nitrogens with zero attached hydrogens (tertiary/aromatic N) is 6. The van der Waals surface area contributed by atoms with Crippen molar-refractivity contribution in [2.45, 2.75) is 39.2 Å². The first kappa shape index (κ1) is 19.3. The van der Waals surface area contributed by atoms with Gasteiger partial charge in [0.1, 0.15) is 0 Å². The van der Waals surface area contributed by atoms with Gasteiger partial charge in [0, 0.05) is 12.0 Å². The highest BCUT2D eigenvalue weighted by molar-refractivity contribution is 6.28. The summed E-state index contributed by atoms with van der Waals surface area (Å²) < 4.78 is 1.76. The van der Waals surface area contributed by atoms with E-state index in [-0.39, 0.29) is 0 Å². The highest BCUT2D eigenvalue weighted by Gasteiger charge is 2.10. The summed E-state index contributed by atoms with van der Waals surface area (Å²) in [5.41, 5.74) is 4.48. The van der Waals surface area contributed by atoms with E-state index in [0.29, 0.717) is 17.7 Å². The van der Waals surface area contributed by atoms with Crippen LogP contribution in [0, 0.1) is 0 Å². The molecule has 2 aromatic heterocycles. The Labute approximate surface area is 174 Å². The summed E-state index contributed by atoms with van der Waals surface area (Å²) in [6, 6.07) is 16.6. The highest BCUT2D eigenvalue weighted by Crippen LogP contribution is 2.22. The Morgan fingerprint density at radius 3 is 2.59 bits per heavy atom. The Morgan fingerprint density at radius 2 is 1.83 bits per heavy atom. The zero-order chi connectivity index (χ0) is 20.1. The number of hydrogen-bond donors (Lipinski definition) is 1. The van der Waals surface area contributed by atoms with E-state index in [1.165, 1.54) is 5.56 Å².